The Kier molecular flexibility index (Phi) is 4.06. The molecule has 0 aromatic rings. The van der Waals surface area contributed by atoms with Crippen molar-refractivity contribution < 1.29 is 36.6 Å². The predicted molar refractivity (Wildman–Crippen MR) is 38.5 cm³/mol. The van der Waals surface area contributed by atoms with Crippen LogP contribution in [0.15, 0.2) is 0 Å². The number of rotatable bonds is 3. The van der Waals surface area contributed by atoms with Crippen LogP contribution in [-0.2, 0) is 19.1 Å². The minimum Gasteiger partial charge on any atom is -0.466 e. The van der Waals surface area contributed by atoms with Gasteiger partial charge >= 0.3 is 23.8 Å². The standard InChI is InChI=1S/C7H8F4O4/c1-3-15-5(13)6(8,4(12)14-2)7(9,10)11/h3H2,1-2H3. The molecule has 0 aliphatic carbocycles. The first-order chi connectivity index (χ1) is 6.71. The first kappa shape index (κ1) is 13.7. The molecule has 0 fully saturated rings. The second-order valence-electron chi connectivity index (χ2n) is 2.37. The number of carbonyl (C=O) groups excluding carboxylic acids is 2. The first-order valence-electron chi connectivity index (χ1n) is 3.73. The largest absolute Gasteiger partial charge is 0.466 e. The summed E-state index contributed by atoms with van der Waals surface area (Å²) in [5.41, 5.74) is -4.77. The second kappa shape index (κ2) is 4.45. The van der Waals surface area contributed by atoms with Crippen molar-refractivity contribution in [3.63, 3.8) is 0 Å². The van der Waals surface area contributed by atoms with E-state index in [4.69, 9.17) is 0 Å². The molecule has 0 aromatic carbocycles. The molecule has 8 heteroatoms. The van der Waals surface area contributed by atoms with E-state index in [0.717, 1.165) is 0 Å². The zero-order chi connectivity index (χ0) is 12.3. The molecular formula is C7H8F4O4. The van der Waals surface area contributed by atoms with Crippen molar-refractivity contribution in [1.82, 2.24) is 0 Å². The number of hydrogen-bond acceptors (Lipinski definition) is 4. The Bertz CT molecular complexity index is 262. The van der Waals surface area contributed by atoms with E-state index < -0.39 is 30.4 Å². The molecule has 0 bridgehead atoms. The van der Waals surface area contributed by atoms with E-state index in [1.54, 1.807) is 0 Å². The van der Waals surface area contributed by atoms with Gasteiger partial charge in [0.05, 0.1) is 13.7 Å². The van der Waals surface area contributed by atoms with E-state index in [0.29, 0.717) is 7.11 Å². The molecule has 0 spiro atoms. The minimum absolute atomic E-state index is 0.489. The van der Waals surface area contributed by atoms with Gasteiger partial charge in [-0.15, -0.1) is 0 Å². The summed E-state index contributed by atoms with van der Waals surface area (Å²) in [7, 11) is 0.529. The lowest BCUT2D eigenvalue weighted by Crippen LogP contribution is -2.55. The molecule has 0 aromatic heterocycles. The van der Waals surface area contributed by atoms with E-state index in [2.05, 4.69) is 9.47 Å². The highest BCUT2D eigenvalue weighted by atomic mass is 19.4. The van der Waals surface area contributed by atoms with Crippen molar-refractivity contribution in [2.75, 3.05) is 13.7 Å². The lowest BCUT2D eigenvalue weighted by molar-refractivity contribution is -0.242. The number of methoxy groups -OCH3 is 1. The normalized spacial score (nSPS) is 15.3. The van der Waals surface area contributed by atoms with Gasteiger partial charge in [0, 0.05) is 0 Å². The summed E-state index contributed by atoms with van der Waals surface area (Å²) < 4.78 is 57.0. The molecule has 88 valence electrons. The van der Waals surface area contributed by atoms with Gasteiger partial charge in [0.2, 0.25) is 0 Å². The molecule has 4 nitrogen and oxygen atoms in total. The van der Waals surface area contributed by atoms with E-state index in [-0.39, 0.29) is 0 Å². The van der Waals surface area contributed by atoms with Crippen LogP contribution in [0.5, 0.6) is 0 Å². The van der Waals surface area contributed by atoms with Crippen LogP contribution in [0.25, 0.3) is 0 Å². The summed E-state index contributed by atoms with van der Waals surface area (Å²) in [6.45, 7) is 0.684. The van der Waals surface area contributed by atoms with E-state index >= 15 is 0 Å². The van der Waals surface area contributed by atoms with Crippen LogP contribution in [0.4, 0.5) is 17.6 Å². The smallest absolute Gasteiger partial charge is 0.445 e. The molecule has 0 radical (unpaired) electrons. The molecule has 1 unspecified atom stereocenters. The number of halogens is 4. The predicted octanol–water partition coefficient (Wildman–Crippen LogP) is 0.993. The van der Waals surface area contributed by atoms with Crippen molar-refractivity contribution in [3.8, 4) is 0 Å². The average molecular weight is 232 g/mol. The van der Waals surface area contributed by atoms with E-state index in [1.807, 2.05) is 0 Å². The maximum absolute atomic E-state index is 13.2. The van der Waals surface area contributed by atoms with Gasteiger partial charge in [-0.25, -0.2) is 14.0 Å². The van der Waals surface area contributed by atoms with Gasteiger partial charge in [0.25, 0.3) is 0 Å². The van der Waals surface area contributed by atoms with Gasteiger partial charge in [-0.2, -0.15) is 13.2 Å². The van der Waals surface area contributed by atoms with Crippen LogP contribution in [0.2, 0.25) is 0 Å². The third kappa shape index (κ3) is 2.37. The summed E-state index contributed by atoms with van der Waals surface area (Å²) in [5, 5.41) is 0. The highest BCUT2D eigenvalue weighted by molar-refractivity contribution is 6.04. The SMILES string of the molecule is CCOC(=O)C(F)(C(=O)OC)C(F)(F)F. The molecule has 15 heavy (non-hydrogen) atoms. The number of carbonyl (C=O) groups is 2. The second-order valence-corrected chi connectivity index (χ2v) is 2.37. The van der Waals surface area contributed by atoms with Crippen molar-refractivity contribution in [2.45, 2.75) is 18.8 Å². The number of ether oxygens (including phenoxy) is 2. The fourth-order valence-corrected chi connectivity index (χ4v) is 0.686. The third-order valence-corrected chi connectivity index (χ3v) is 1.41. The summed E-state index contributed by atoms with van der Waals surface area (Å²) in [5.74, 6) is -4.68. The monoisotopic (exact) mass is 232 g/mol. The Morgan fingerprint density at radius 3 is 1.87 bits per heavy atom. The molecular weight excluding hydrogens is 224 g/mol. The lowest BCUT2D eigenvalue weighted by atomic mass is 10.1. The molecule has 0 amide bonds. The Morgan fingerprint density at radius 1 is 1.13 bits per heavy atom. The van der Waals surface area contributed by atoms with Crippen LogP contribution < -0.4 is 0 Å². The third-order valence-electron chi connectivity index (χ3n) is 1.41. The Morgan fingerprint density at radius 2 is 1.60 bits per heavy atom. The number of hydrogen-bond donors (Lipinski definition) is 0. The average Bonchev–Trinajstić information content (AvgIpc) is 2.13. The molecule has 0 aliphatic heterocycles. The van der Waals surface area contributed by atoms with Crippen molar-refractivity contribution in [2.24, 2.45) is 0 Å². The molecule has 1 atom stereocenters. The highest BCUT2D eigenvalue weighted by Crippen LogP contribution is 2.36. The van der Waals surface area contributed by atoms with Crippen LogP contribution in [0, 0.1) is 0 Å². The topological polar surface area (TPSA) is 52.6 Å². The fourth-order valence-electron chi connectivity index (χ4n) is 0.686. The quantitative estimate of drug-likeness (QED) is 0.413. The number of esters is 2. The van der Waals surface area contributed by atoms with Gasteiger partial charge in [-0.3, -0.25) is 0 Å². The minimum atomic E-state index is -5.72. The van der Waals surface area contributed by atoms with Crippen LogP contribution in [0.3, 0.4) is 0 Å². The first-order valence-corrected chi connectivity index (χ1v) is 3.73. The summed E-state index contributed by atoms with van der Waals surface area (Å²) >= 11 is 0. The Labute approximate surface area is 82.1 Å². The molecule has 0 saturated carbocycles. The zero-order valence-electron chi connectivity index (χ0n) is 7.85. The van der Waals surface area contributed by atoms with Crippen LogP contribution >= 0.6 is 0 Å². The lowest BCUT2D eigenvalue weighted by Gasteiger charge is -2.22. The van der Waals surface area contributed by atoms with Crippen molar-refractivity contribution in [1.29, 1.82) is 0 Å². The van der Waals surface area contributed by atoms with E-state index in [9.17, 15) is 27.2 Å². The van der Waals surface area contributed by atoms with Gasteiger partial charge < -0.3 is 9.47 Å². The maximum Gasteiger partial charge on any atom is 0.445 e. The highest BCUT2D eigenvalue weighted by Gasteiger charge is 2.70. The maximum atomic E-state index is 13.2. The Balaban J connectivity index is 5.22. The molecule has 0 aliphatic rings. The molecule has 0 rings (SSSR count). The molecule has 0 heterocycles. The summed E-state index contributed by atoms with van der Waals surface area (Å²) in [6, 6.07) is 0. The van der Waals surface area contributed by atoms with Gasteiger partial charge in [0.15, 0.2) is 0 Å². The van der Waals surface area contributed by atoms with Crippen molar-refractivity contribution in [3.05, 3.63) is 0 Å². The van der Waals surface area contributed by atoms with Crippen molar-refractivity contribution >= 4 is 11.9 Å². The van der Waals surface area contributed by atoms with Gasteiger partial charge in [-0.1, -0.05) is 0 Å². The summed E-state index contributed by atoms with van der Waals surface area (Å²) in [6.07, 6.45) is -5.72. The van der Waals surface area contributed by atoms with Crippen LogP contribution in [-0.4, -0.2) is 37.5 Å². The number of alkyl halides is 4. The van der Waals surface area contributed by atoms with Gasteiger partial charge in [-0.05, 0) is 6.92 Å². The fraction of sp³-hybridized carbons (Fsp3) is 0.714. The zero-order valence-corrected chi connectivity index (χ0v) is 7.85. The molecule has 0 N–H and O–H groups in total. The Hall–Kier alpha value is -1.34. The van der Waals surface area contributed by atoms with Gasteiger partial charge in [0.1, 0.15) is 0 Å². The molecule has 0 saturated heterocycles. The summed E-state index contributed by atoms with van der Waals surface area (Å²) in [4.78, 5) is 21.3. The van der Waals surface area contributed by atoms with E-state index in [1.165, 1.54) is 6.92 Å². The van der Waals surface area contributed by atoms with Crippen LogP contribution in [0.1, 0.15) is 6.92 Å².